The summed E-state index contributed by atoms with van der Waals surface area (Å²) in [6.07, 6.45) is 2.55. The highest BCUT2D eigenvalue weighted by Crippen LogP contribution is 2.31. The summed E-state index contributed by atoms with van der Waals surface area (Å²) >= 11 is 0. The molecule has 1 fully saturated rings. The van der Waals surface area contributed by atoms with E-state index in [1.165, 1.54) is 4.90 Å². The quantitative estimate of drug-likeness (QED) is 0.689. The van der Waals surface area contributed by atoms with Crippen LogP contribution in [-0.2, 0) is 16.0 Å². The third-order valence-corrected chi connectivity index (χ3v) is 4.82. The maximum Gasteiger partial charge on any atom is 0.237 e. The van der Waals surface area contributed by atoms with E-state index in [1.54, 1.807) is 18.3 Å². The van der Waals surface area contributed by atoms with Crippen LogP contribution in [0.5, 0.6) is 0 Å². The number of hydrogen-bond donors (Lipinski definition) is 0. The highest BCUT2D eigenvalue weighted by molar-refractivity contribution is 6.21. The van der Waals surface area contributed by atoms with Crippen molar-refractivity contribution in [3.8, 4) is 0 Å². The first-order chi connectivity index (χ1) is 12.1. The molecule has 2 heterocycles. The highest BCUT2D eigenvalue weighted by atomic mass is 16.2. The third-order valence-electron chi connectivity index (χ3n) is 4.82. The zero-order valence-corrected chi connectivity index (χ0v) is 14.0. The molecule has 1 unspecified atom stereocenters. The number of aromatic nitrogens is 1. The molecule has 1 atom stereocenters. The predicted molar refractivity (Wildman–Crippen MR) is 97.2 cm³/mol. The second kappa shape index (κ2) is 6.13. The minimum absolute atomic E-state index is 0.122. The zero-order valence-electron chi connectivity index (χ0n) is 14.0. The van der Waals surface area contributed by atoms with Crippen LogP contribution in [0.3, 0.4) is 0 Å². The number of anilines is 1. The Bertz CT molecular complexity index is 966. The monoisotopic (exact) mass is 330 g/mol. The number of nitrogens with zero attached hydrogens (tertiary/aromatic N) is 2. The number of amides is 2. The zero-order chi connectivity index (χ0) is 17.4. The van der Waals surface area contributed by atoms with Crippen LogP contribution in [0, 0.1) is 12.8 Å². The van der Waals surface area contributed by atoms with Crippen molar-refractivity contribution < 1.29 is 9.59 Å². The van der Waals surface area contributed by atoms with Crippen molar-refractivity contribution in [2.75, 3.05) is 4.90 Å². The fourth-order valence-electron chi connectivity index (χ4n) is 3.51. The molecule has 25 heavy (non-hydrogen) atoms. The van der Waals surface area contributed by atoms with Gasteiger partial charge in [-0.25, -0.2) is 0 Å². The molecular formula is C21H18N2O2. The fourth-order valence-corrected chi connectivity index (χ4v) is 3.51. The first-order valence-corrected chi connectivity index (χ1v) is 8.40. The van der Waals surface area contributed by atoms with E-state index in [-0.39, 0.29) is 24.2 Å². The van der Waals surface area contributed by atoms with E-state index in [4.69, 9.17) is 0 Å². The maximum atomic E-state index is 12.9. The smallest absolute Gasteiger partial charge is 0.237 e. The molecule has 4 nitrogen and oxygen atoms in total. The number of para-hydroxylation sites is 1. The molecule has 4 rings (SSSR count). The van der Waals surface area contributed by atoms with E-state index in [2.05, 4.69) is 11.1 Å². The first kappa shape index (κ1) is 15.5. The molecule has 0 radical (unpaired) electrons. The number of pyridine rings is 1. The van der Waals surface area contributed by atoms with Crippen molar-refractivity contribution in [1.29, 1.82) is 0 Å². The van der Waals surface area contributed by atoms with Crippen LogP contribution in [0.2, 0.25) is 0 Å². The van der Waals surface area contributed by atoms with Crippen LogP contribution in [0.25, 0.3) is 10.9 Å². The Balaban J connectivity index is 1.68. The van der Waals surface area contributed by atoms with E-state index in [0.717, 1.165) is 22.0 Å². The number of carbonyl (C=O) groups excluding carboxylic acids is 2. The topological polar surface area (TPSA) is 50.3 Å². The summed E-state index contributed by atoms with van der Waals surface area (Å²) in [5.41, 5.74) is 3.72. The van der Waals surface area contributed by atoms with Crippen molar-refractivity contribution in [2.24, 2.45) is 5.92 Å². The molecule has 0 bridgehead atoms. The van der Waals surface area contributed by atoms with Gasteiger partial charge in [0.1, 0.15) is 0 Å². The first-order valence-electron chi connectivity index (χ1n) is 8.40. The Kier molecular flexibility index (Phi) is 3.80. The molecule has 0 N–H and O–H groups in total. The molecule has 1 aromatic heterocycles. The van der Waals surface area contributed by atoms with Crippen LogP contribution in [-0.4, -0.2) is 16.8 Å². The van der Waals surface area contributed by atoms with Crippen molar-refractivity contribution in [1.82, 2.24) is 4.98 Å². The third kappa shape index (κ3) is 2.70. The van der Waals surface area contributed by atoms with Gasteiger partial charge in [0.05, 0.1) is 17.1 Å². The number of imide groups is 1. The number of benzene rings is 2. The maximum absolute atomic E-state index is 12.9. The molecule has 1 saturated heterocycles. The van der Waals surface area contributed by atoms with Crippen molar-refractivity contribution in [3.63, 3.8) is 0 Å². The normalized spacial score (nSPS) is 17.5. The number of carbonyl (C=O) groups is 2. The van der Waals surface area contributed by atoms with Gasteiger partial charge in [-0.15, -0.1) is 0 Å². The second-order valence-electron chi connectivity index (χ2n) is 6.44. The van der Waals surface area contributed by atoms with E-state index >= 15 is 0 Å². The van der Waals surface area contributed by atoms with Crippen molar-refractivity contribution >= 4 is 28.4 Å². The number of aryl methyl sites for hydroxylation is 1. The Hall–Kier alpha value is -3.01. The molecule has 2 amide bonds. The molecule has 3 aromatic rings. The van der Waals surface area contributed by atoms with Gasteiger partial charge in [0, 0.05) is 18.0 Å². The number of fused-ring (bicyclic) bond motifs is 1. The highest BCUT2D eigenvalue weighted by Gasteiger charge is 2.39. The molecule has 124 valence electrons. The van der Waals surface area contributed by atoms with Gasteiger partial charge < -0.3 is 0 Å². The SMILES string of the molecule is Cc1ccc2cccnc2c1CC1CC(=O)N(c2ccccc2)C1=O. The molecule has 2 aromatic carbocycles. The van der Waals surface area contributed by atoms with Gasteiger partial charge in [-0.05, 0) is 42.7 Å². The van der Waals surface area contributed by atoms with E-state index in [0.29, 0.717) is 12.1 Å². The Labute approximate surface area is 146 Å². The van der Waals surface area contributed by atoms with Crippen molar-refractivity contribution in [3.05, 3.63) is 71.9 Å². The van der Waals surface area contributed by atoms with Crippen LogP contribution in [0.4, 0.5) is 5.69 Å². The summed E-state index contributed by atoms with van der Waals surface area (Å²) in [4.78, 5) is 31.1. The summed E-state index contributed by atoms with van der Waals surface area (Å²) in [6, 6.07) is 17.1. The standard InChI is InChI=1S/C21H18N2O2/c1-14-9-10-15-6-5-11-22-20(15)18(14)12-16-13-19(24)23(21(16)25)17-7-3-2-4-8-17/h2-11,16H,12-13H2,1H3. The van der Waals surface area contributed by atoms with E-state index < -0.39 is 0 Å². The fraction of sp³-hybridized carbons (Fsp3) is 0.190. The Morgan fingerprint density at radius 2 is 1.84 bits per heavy atom. The number of rotatable bonds is 3. The van der Waals surface area contributed by atoms with Crippen LogP contribution in [0.1, 0.15) is 17.5 Å². The average Bonchev–Trinajstić information content (AvgIpc) is 2.92. The van der Waals surface area contributed by atoms with E-state index in [9.17, 15) is 9.59 Å². The summed E-state index contributed by atoms with van der Waals surface area (Å²) in [7, 11) is 0. The minimum atomic E-state index is -0.334. The van der Waals surface area contributed by atoms with Gasteiger partial charge in [-0.1, -0.05) is 36.4 Å². The molecule has 0 saturated carbocycles. The Morgan fingerprint density at radius 3 is 2.64 bits per heavy atom. The van der Waals surface area contributed by atoms with Gasteiger partial charge in [0.2, 0.25) is 11.8 Å². The molecule has 1 aliphatic rings. The second-order valence-corrected chi connectivity index (χ2v) is 6.44. The molecule has 1 aliphatic heterocycles. The minimum Gasteiger partial charge on any atom is -0.274 e. The molecular weight excluding hydrogens is 312 g/mol. The molecule has 0 aliphatic carbocycles. The van der Waals surface area contributed by atoms with Crippen LogP contribution >= 0.6 is 0 Å². The van der Waals surface area contributed by atoms with Gasteiger partial charge >= 0.3 is 0 Å². The summed E-state index contributed by atoms with van der Waals surface area (Å²) in [6.45, 7) is 2.03. The average molecular weight is 330 g/mol. The predicted octanol–water partition coefficient (Wildman–Crippen LogP) is 3.67. The van der Waals surface area contributed by atoms with Gasteiger partial charge in [0.15, 0.2) is 0 Å². The summed E-state index contributed by atoms with van der Waals surface area (Å²) in [5, 5.41) is 1.06. The van der Waals surface area contributed by atoms with Gasteiger partial charge in [0.25, 0.3) is 0 Å². The van der Waals surface area contributed by atoms with Gasteiger partial charge in [-0.2, -0.15) is 0 Å². The number of hydrogen-bond acceptors (Lipinski definition) is 3. The summed E-state index contributed by atoms with van der Waals surface area (Å²) < 4.78 is 0. The van der Waals surface area contributed by atoms with Crippen LogP contribution in [0.15, 0.2) is 60.8 Å². The largest absolute Gasteiger partial charge is 0.274 e. The lowest BCUT2D eigenvalue weighted by Crippen LogP contribution is -2.30. The van der Waals surface area contributed by atoms with E-state index in [1.807, 2.05) is 43.3 Å². The van der Waals surface area contributed by atoms with Gasteiger partial charge in [-0.3, -0.25) is 19.5 Å². The molecule has 0 spiro atoms. The van der Waals surface area contributed by atoms with Crippen molar-refractivity contribution in [2.45, 2.75) is 19.8 Å². The Morgan fingerprint density at radius 1 is 1.04 bits per heavy atom. The lowest BCUT2D eigenvalue weighted by Gasteiger charge is -2.16. The lowest BCUT2D eigenvalue weighted by molar-refractivity contribution is -0.122. The molecule has 4 heteroatoms. The van der Waals surface area contributed by atoms with Crippen LogP contribution < -0.4 is 4.90 Å². The summed E-state index contributed by atoms with van der Waals surface area (Å²) in [5.74, 6) is -0.588. The lowest BCUT2D eigenvalue weighted by atomic mass is 9.93.